The van der Waals surface area contributed by atoms with Gasteiger partial charge in [-0.2, -0.15) is 0 Å². The van der Waals surface area contributed by atoms with Gasteiger partial charge in [0, 0.05) is 12.8 Å². The number of benzene rings is 1. The van der Waals surface area contributed by atoms with Gasteiger partial charge in [0.15, 0.2) is 5.79 Å². The number of aryl methyl sites for hydroxylation is 1. The van der Waals surface area contributed by atoms with E-state index < -0.39 is 18.0 Å². The summed E-state index contributed by atoms with van der Waals surface area (Å²) in [5, 5.41) is 10.1. The standard InChI is InChI=1S/C15H19FO4/c1-10-8-11(16)2-3-13(10)20-14-9-15(5-4-12(14)17)18-6-7-19-15/h2-3,8,12,14,17H,4-7,9H2,1H3. The quantitative estimate of drug-likeness (QED) is 0.903. The summed E-state index contributed by atoms with van der Waals surface area (Å²) in [4.78, 5) is 0. The summed E-state index contributed by atoms with van der Waals surface area (Å²) in [6.45, 7) is 2.95. The molecule has 3 rings (SSSR count). The lowest BCUT2D eigenvalue weighted by molar-refractivity contribution is -0.209. The monoisotopic (exact) mass is 282 g/mol. The third kappa shape index (κ3) is 2.66. The third-order valence-corrected chi connectivity index (χ3v) is 3.99. The molecule has 4 nitrogen and oxygen atoms in total. The molecule has 0 aromatic heterocycles. The van der Waals surface area contributed by atoms with Gasteiger partial charge in [-0.15, -0.1) is 0 Å². The number of aliphatic hydroxyl groups excluding tert-OH is 1. The highest BCUT2D eigenvalue weighted by molar-refractivity contribution is 5.32. The summed E-state index contributed by atoms with van der Waals surface area (Å²) in [6.07, 6.45) is 0.788. The van der Waals surface area contributed by atoms with Crippen LogP contribution in [0.1, 0.15) is 24.8 Å². The SMILES string of the molecule is Cc1cc(F)ccc1OC1CC2(CCC1O)OCCO2. The fourth-order valence-corrected chi connectivity index (χ4v) is 2.89. The van der Waals surface area contributed by atoms with Gasteiger partial charge in [-0.05, 0) is 37.1 Å². The zero-order chi connectivity index (χ0) is 14.2. The largest absolute Gasteiger partial charge is 0.487 e. The molecule has 2 aliphatic rings. The highest BCUT2D eigenvalue weighted by Gasteiger charge is 2.45. The Morgan fingerprint density at radius 2 is 2.10 bits per heavy atom. The third-order valence-electron chi connectivity index (χ3n) is 3.99. The molecule has 1 saturated heterocycles. The second kappa shape index (κ2) is 5.31. The Kier molecular flexibility index (Phi) is 3.67. The number of hydrogen-bond donors (Lipinski definition) is 1. The van der Waals surface area contributed by atoms with E-state index in [-0.39, 0.29) is 5.82 Å². The first-order valence-corrected chi connectivity index (χ1v) is 6.97. The predicted octanol–water partition coefficient (Wildman–Crippen LogP) is 2.17. The lowest BCUT2D eigenvalue weighted by Gasteiger charge is -2.39. The normalized spacial score (nSPS) is 28.8. The highest BCUT2D eigenvalue weighted by atomic mass is 19.1. The van der Waals surface area contributed by atoms with Gasteiger partial charge in [-0.1, -0.05) is 0 Å². The molecule has 1 aromatic rings. The smallest absolute Gasteiger partial charge is 0.172 e. The Balaban J connectivity index is 1.74. The first-order valence-electron chi connectivity index (χ1n) is 6.97. The van der Waals surface area contributed by atoms with E-state index in [9.17, 15) is 9.50 Å². The van der Waals surface area contributed by atoms with Gasteiger partial charge in [0.05, 0.1) is 19.3 Å². The molecule has 1 aromatic carbocycles. The average molecular weight is 282 g/mol. The average Bonchev–Trinajstić information content (AvgIpc) is 2.86. The molecule has 1 aliphatic carbocycles. The molecular formula is C15H19FO4. The van der Waals surface area contributed by atoms with E-state index in [0.29, 0.717) is 43.8 Å². The van der Waals surface area contributed by atoms with E-state index in [1.54, 1.807) is 13.0 Å². The fraction of sp³-hybridized carbons (Fsp3) is 0.600. The van der Waals surface area contributed by atoms with Crippen LogP contribution in [0.4, 0.5) is 4.39 Å². The van der Waals surface area contributed by atoms with Crippen molar-refractivity contribution in [3.8, 4) is 5.75 Å². The van der Waals surface area contributed by atoms with Crippen LogP contribution in [-0.2, 0) is 9.47 Å². The summed E-state index contributed by atoms with van der Waals surface area (Å²) in [5.41, 5.74) is 0.713. The van der Waals surface area contributed by atoms with E-state index in [1.807, 2.05) is 0 Å². The predicted molar refractivity (Wildman–Crippen MR) is 70.0 cm³/mol. The number of aliphatic hydroxyl groups is 1. The summed E-state index contributed by atoms with van der Waals surface area (Å²) in [6, 6.07) is 4.37. The lowest BCUT2D eigenvalue weighted by Crippen LogP contribution is -2.47. The Morgan fingerprint density at radius 3 is 2.80 bits per heavy atom. The molecule has 1 saturated carbocycles. The van der Waals surface area contributed by atoms with Crippen LogP contribution in [0.25, 0.3) is 0 Å². The minimum absolute atomic E-state index is 0.294. The van der Waals surface area contributed by atoms with Crippen molar-refractivity contribution in [1.29, 1.82) is 0 Å². The van der Waals surface area contributed by atoms with Crippen LogP contribution in [0.2, 0.25) is 0 Å². The molecule has 20 heavy (non-hydrogen) atoms. The topological polar surface area (TPSA) is 47.9 Å². The molecular weight excluding hydrogens is 263 g/mol. The van der Waals surface area contributed by atoms with Crippen LogP contribution >= 0.6 is 0 Å². The van der Waals surface area contributed by atoms with Crippen molar-refractivity contribution in [3.63, 3.8) is 0 Å². The first-order chi connectivity index (χ1) is 9.58. The maximum atomic E-state index is 13.1. The van der Waals surface area contributed by atoms with Crippen molar-refractivity contribution >= 4 is 0 Å². The van der Waals surface area contributed by atoms with Crippen LogP contribution in [0.5, 0.6) is 5.75 Å². The molecule has 110 valence electrons. The van der Waals surface area contributed by atoms with Crippen LogP contribution < -0.4 is 4.74 Å². The highest BCUT2D eigenvalue weighted by Crippen LogP contribution is 2.37. The second-order valence-corrected chi connectivity index (χ2v) is 5.48. The maximum Gasteiger partial charge on any atom is 0.172 e. The number of ether oxygens (including phenoxy) is 3. The molecule has 2 atom stereocenters. The molecule has 1 heterocycles. The Morgan fingerprint density at radius 1 is 1.35 bits per heavy atom. The van der Waals surface area contributed by atoms with Gasteiger partial charge < -0.3 is 19.3 Å². The number of halogens is 1. The first kappa shape index (κ1) is 13.8. The van der Waals surface area contributed by atoms with Crippen LogP contribution in [0.3, 0.4) is 0 Å². The van der Waals surface area contributed by atoms with Crippen LogP contribution in [0, 0.1) is 12.7 Å². The maximum absolute atomic E-state index is 13.1. The Hall–Kier alpha value is -1.17. The lowest BCUT2D eigenvalue weighted by atomic mass is 9.89. The Labute approximate surface area is 117 Å². The van der Waals surface area contributed by atoms with Gasteiger partial charge in [-0.25, -0.2) is 4.39 Å². The van der Waals surface area contributed by atoms with Gasteiger partial charge in [0.25, 0.3) is 0 Å². The zero-order valence-corrected chi connectivity index (χ0v) is 11.5. The number of hydrogen-bond acceptors (Lipinski definition) is 4. The van der Waals surface area contributed by atoms with Gasteiger partial charge in [-0.3, -0.25) is 0 Å². The van der Waals surface area contributed by atoms with E-state index in [1.165, 1.54) is 12.1 Å². The van der Waals surface area contributed by atoms with Gasteiger partial charge in [0.2, 0.25) is 0 Å². The minimum Gasteiger partial charge on any atom is -0.487 e. The summed E-state index contributed by atoms with van der Waals surface area (Å²) < 4.78 is 30.3. The van der Waals surface area contributed by atoms with Gasteiger partial charge >= 0.3 is 0 Å². The van der Waals surface area contributed by atoms with Crippen molar-refractivity contribution in [2.24, 2.45) is 0 Å². The van der Waals surface area contributed by atoms with E-state index >= 15 is 0 Å². The molecule has 0 radical (unpaired) electrons. The molecule has 0 bridgehead atoms. The van der Waals surface area contributed by atoms with Crippen molar-refractivity contribution in [3.05, 3.63) is 29.6 Å². The van der Waals surface area contributed by atoms with Crippen molar-refractivity contribution < 1.29 is 23.7 Å². The summed E-state index contributed by atoms with van der Waals surface area (Å²) in [7, 11) is 0. The molecule has 5 heteroatoms. The second-order valence-electron chi connectivity index (χ2n) is 5.48. The van der Waals surface area contributed by atoms with Crippen LogP contribution in [-0.4, -0.2) is 36.3 Å². The van der Waals surface area contributed by atoms with Crippen molar-refractivity contribution in [1.82, 2.24) is 0 Å². The van der Waals surface area contributed by atoms with Crippen LogP contribution in [0.15, 0.2) is 18.2 Å². The van der Waals surface area contributed by atoms with E-state index in [0.717, 1.165) is 0 Å². The summed E-state index contributed by atoms with van der Waals surface area (Å²) in [5.74, 6) is -0.318. The summed E-state index contributed by atoms with van der Waals surface area (Å²) >= 11 is 0. The van der Waals surface area contributed by atoms with Gasteiger partial charge in [0.1, 0.15) is 17.7 Å². The fourth-order valence-electron chi connectivity index (χ4n) is 2.89. The van der Waals surface area contributed by atoms with Crippen molar-refractivity contribution in [2.75, 3.05) is 13.2 Å². The molecule has 2 fully saturated rings. The zero-order valence-electron chi connectivity index (χ0n) is 11.5. The van der Waals surface area contributed by atoms with Crippen molar-refractivity contribution in [2.45, 2.75) is 44.2 Å². The molecule has 0 amide bonds. The van der Waals surface area contributed by atoms with E-state index in [4.69, 9.17) is 14.2 Å². The molecule has 1 aliphatic heterocycles. The molecule has 1 N–H and O–H groups in total. The van der Waals surface area contributed by atoms with E-state index in [2.05, 4.69) is 0 Å². The molecule has 2 unspecified atom stereocenters. The minimum atomic E-state index is -0.613. The molecule has 1 spiro atoms. The number of rotatable bonds is 2. The Bertz CT molecular complexity index is 485.